The number of amides is 2. The van der Waals surface area contributed by atoms with E-state index in [0.717, 1.165) is 23.2 Å². The molecule has 1 atom stereocenters. The molecule has 0 fully saturated rings. The zero-order valence-electron chi connectivity index (χ0n) is 17.3. The molecule has 0 aliphatic carbocycles. The fourth-order valence-corrected chi connectivity index (χ4v) is 2.99. The predicted molar refractivity (Wildman–Crippen MR) is 115 cm³/mol. The Morgan fingerprint density at radius 3 is 2.14 bits per heavy atom. The molecule has 0 aliphatic heterocycles. The van der Waals surface area contributed by atoms with Gasteiger partial charge in [0.2, 0.25) is 0 Å². The number of hydrogen-bond acceptors (Lipinski definition) is 4. The van der Waals surface area contributed by atoms with Gasteiger partial charge in [0.25, 0.3) is 0 Å². The summed E-state index contributed by atoms with van der Waals surface area (Å²) >= 11 is 0. The molecule has 2 aromatic rings. The third-order valence-electron chi connectivity index (χ3n) is 4.73. The molecule has 0 aliphatic rings. The van der Waals surface area contributed by atoms with E-state index in [-0.39, 0.29) is 6.04 Å². The van der Waals surface area contributed by atoms with E-state index in [1.165, 1.54) is 0 Å². The predicted octanol–water partition coefficient (Wildman–Crippen LogP) is 2.67. The van der Waals surface area contributed by atoms with Crippen molar-refractivity contribution in [3.8, 4) is 0 Å². The van der Waals surface area contributed by atoms with Gasteiger partial charge < -0.3 is 20.4 Å². The van der Waals surface area contributed by atoms with Gasteiger partial charge in [-0.05, 0) is 49.8 Å². The zero-order valence-corrected chi connectivity index (χ0v) is 17.3. The van der Waals surface area contributed by atoms with Gasteiger partial charge in [0.15, 0.2) is 0 Å². The number of para-hydroxylation sites is 1. The van der Waals surface area contributed by atoms with Crippen molar-refractivity contribution in [1.82, 2.24) is 10.2 Å². The number of carbonyl (C=O) groups excluding carboxylic acids is 2. The maximum Gasteiger partial charge on any atom is 0.313 e. The van der Waals surface area contributed by atoms with Crippen LogP contribution in [0.5, 0.6) is 0 Å². The highest BCUT2D eigenvalue weighted by molar-refractivity contribution is 6.39. The Hall–Kier alpha value is -2.86. The molecule has 2 aromatic carbocycles. The first-order valence-corrected chi connectivity index (χ1v) is 9.44. The van der Waals surface area contributed by atoms with Crippen LogP contribution in [0.4, 0.5) is 11.4 Å². The molecule has 0 radical (unpaired) electrons. The van der Waals surface area contributed by atoms with Crippen LogP contribution in [0.15, 0.2) is 48.5 Å². The average Bonchev–Trinajstić information content (AvgIpc) is 2.68. The minimum absolute atomic E-state index is 0.0316. The number of hydrogen-bond donors (Lipinski definition) is 2. The summed E-state index contributed by atoms with van der Waals surface area (Å²) in [6.07, 6.45) is 0.781. The summed E-state index contributed by atoms with van der Waals surface area (Å²) in [6.45, 7) is 2.35. The Balaban J connectivity index is 2.00. The Morgan fingerprint density at radius 2 is 1.57 bits per heavy atom. The molecule has 0 saturated heterocycles. The Kier molecular flexibility index (Phi) is 7.58. The van der Waals surface area contributed by atoms with E-state index < -0.39 is 11.8 Å². The number of likely N-dealkylation sites (N-methyl/N-ethyl adjacent to an activating group) is 1. The maximum absolute atomic E-state index is 12.3. The lowest BCUT2D eigenvalue weighted by Crippen LogP contribution is -2.40. The second-order valence-electron chi connectivity index (χ2n) is 7.14. The topological polar surface area (TPSA) is 64.7 Å². The Labute approximate surface area is 167 Å². The summed E-state index contributed by atoms with van der Waals surface area (Å²) in [5, 5.41) is 5.46. The highest BCUT2D eigenvalue weighted by Crippen LogP contribution is 2.21. The third-order valence-corrected chi connectivity index (χ3v) is 4.73. The average molecular weight is 383 g/mol. The van der Waals surface area contributed by atoms with Crippen LogP contribution in [0.1, 0.15) is 24.1 Å². The number of benzene rings is 2. The van der Waals surface area contributed by atoms with Crippen molar-refractivity contribution < 1.29 is 9.59 Å². The van der Waals surface area contributed by atoms with E-state index in [1.807, 2.05) is 87.4 Å². The van der Waals surface area contributed by atoms with Crippen molar-refractivity contribution >= 4 is 23.2 Å². The van der Waals surface area contributed by atoms with Crippen LogP contribution >= 0.6 is 0 Å². The van der Waals surface area contributed by atoms with Crippen molar-refractivity contribution in [3.63, 3.8) is 0 Å². The third kappa shape index (κ3) is 5.57. The quantitative estimate of drug-likeness (QED) is 0.723. The number of aryl methyl sites for hydroxylation is 1. The fraction of sp³-hybridized carbons (Fsp3) is 0.364. The van der Waals surface area contributed by atoms with Crippen LogP contribution in [0.3, 0.4) is 0 Å². The molecule has 6 heteroatoms. The van der Waals surface area contributed by atoms with Gasteiger partial charge in [-0.1, -0.05) is 37.3 Å². The molecule has 28 heavy (non-hydrogen) atoms. The lowest BCUT2D eigenvalue weighted by Gasteiger charge is -2.25. The number of nitrogens with one attached hydrogen (secondary N) is 2. The van der Waals surface area contributed by atoms with Crippen LogP contribution in [-0.2, 0) is 16.0 Å². The molecule has 0 aromatic heterocycles. The summed E-state index contributed by atoms with van der Waals surface area (Å²) in [4.78, 5) is 28.6. The first kappa shape index (κ1) is 21.4. The molecule has 2 amide bonds. The Bertz CT molecular complexity index is 800. The number of carbonyl (C=O) groups is 2. The van der Waals surface area contributed by atoms with Gasteiger partial charge in [0.05, 0.1) is 6.04 Å². The summed E-state index contributed by atoms with van der Waals surface area (Å²) in [6, 6.07) is 15.6. The SMILES string of the molecule is CCc1ccccc1NC(=O)C(=O)NC[C@H](c1ccc(N(C)C)cc1)N(C)C. The van der Waals surface area contributed by atoms with Crippen molar-refractivity contribution in [1.29, 1.82) is 0 Å². The van der Waals surface area contributed by atoms with Gasteiger partial charge in [-0.15, -0.1) is 0 Å². The van der Waals surface area contributed by atoms with E-state index >= 15 is 0 Å². The summed E-state index contributed by atoms with van der Waals surface area (Å²) in [7, 11) is 7.89. The van der Waals surface area contributed by atoms with Gasteiger partial charge >= 0.3 is 11.8 Å². The first-order valence-electron chi connectivity index (χ1n) is 9.44. The highest BCUT2D eigenvalue weighted by Gasteiger charge is 2.19. The molecule has 0 bridgehead atoms. The standard InChI is InChI=1S/C22H30N4O2/c1-6-16-9-7-8-10-19(16)24-22(28)21(27)23-15-20(26(4)5)17-11-13-18(14-12-17)25(2)3/h7-14,20H,6,15H2,1-5H3,(H,23,27)(H,24,28)/t20-/m1/s1. The van der Waals surface area contributed by atoms with Gasteiger partial charge in [-0.3, -0.25) is 9.59 Å². The smallest absolute Gasteiger partial charge is 0.313 e. The van der Waals surface area contributed by atoms with E-state index in [2.05, 4.69) is 10.6 Å². The molecular weight excluding hydrogens is 352 g/mol. The Morgan fingerprint density at radius 1 is 0.929 bits per heavy atom. The minimum Gasteiger partial charge on any atom is -0.378 e. The summed E-state index contributed by atoms with van der Waals surface area (Å²) in [5.74, 6) is -1.29. The van der Waals surface area contributed by atoms with Crippen LogP contribution < -0.4 is 15.5 Å². The maximum atomic E-state index is 12.3. The van der Waals surface area contributed by atoms with E-state index in [9.17, 15) is 9.59 Å². The van der Waals surface area contributed by atoms with E-state index in [1.54, 1.807) is 6.07 Å². The molecule has 2 N–H and O–H groups in total. The van der Waals surface area contributed by atoms with E-state index in [4.69, 9.17) is 0 Å². The lowest BCUT2D eigenvalue weighted by molar-refractivity contribution is -0.136. The first-order chi connectivity index (χ1) is 13.3. The highest BCUT2D eigenvalue weighted by atomic mass is 16.2. The van der Waals surface area contributed by atoms with Crippen LogP contribution in [0.2, 0.25) is 0 Å². The number of anilines is 2. The summed E-state index contributed by atoms with van der Waals surface area (Å²) in [5.41, 5.74) is 3.86. The van der Waals surface area contributed by atoms with Crippen LogP contribution in [0.25, 0.3) is 0 Å². The molecule has 0 unspecified atom stereocenters. The van der Waals surface area contributed by atoms with E-state index in [0.29, 0.717) is 12.2 Å². The largest absolute Gasteiger partial charge is 0.378 e. The van der Waals surface area contributed by atoms with Crippen LogP contribution in [0, 0.1) is 0 Å². The van der Waals surface area contributed by atoms with Crippen molar-refractivity contribution in [2.75, 3.05) is 45.0 Å². The minimum atomic E-state index is -0.652. The van der Waals surface area contributed by atoms with Gasteiger partial charge in [-0.25, -0.2) is 0 Å². The normalized spacial score (nSPS) is 11.8. The lowest BCUT2D eigenvalue weighted by atomic mass is 10.1. The second-order valence-corrected chi connectivity index (χ2v) is 7.14. The number of rotatable bonds is 7. The monoisotopic (exact) mass is 382 g/mol. The summed E-state index contributed by atoms with van der Waals surface area (Å²) < 4.78 is 0. The zero-order chi connectivity index (χ0) is 20.7. The fourth-order valence-electron chi connectivity index (χ4n) is 2.99. The van der Waals surface area contributed by atoms with Crippen LogP contribution in [-0.4, -0.2) is 51.4 Å². The molecular formula is C22H30N4O2. The van der Waals surface area contributed by atoms with Gasteiger partial charge in [0, 0.05) is 32.0 Å². The molecule has 2 rings (SSSR count). The molecule has 0 saturated carbocycles. The molecule has 150 valence electrons. The molecule has 0 heterocycles. The number of nitrogens with zero attached hydrogens (tertiary/aromatic N) is 2. The van der Waals surface area contributed by atoms with Crippen molar-refractivity contribution in [3.05, 3.63) is 59.7 Å². The van der Waals surface area contributed by atoms with Crippen molar-refractivity contribution in [2.45, 2.75) is 19.4 Å². The van der Waals surface area contributed by atoms with Gasteiger partial charge in [0.1, 0.15) is 0 Å². The molecule has 0 spiro atoms. The van der Waals surface area contributed by atoms with Crippen molar-refractivity contribution in [2.24, 2.45) is 0 Å². The second kappa shape index (κ2) is 9.90. The molecule has 6 nitrogen and oxygen atoms in total. The van der Waals surface area contributed by atoms with Gasteiger partial charge in [-0.2, -0.15) is 0 Å².